The molecule has 2 aromatic carbocycles. The van der Waals surface area contributed by atoms with Gasteiger partial charge in [0.25, 0.3) is 5.91 Å². The van der Waals surface area contributed by atoms with Gasteiger partial charge in [-0.15, -0.1) is 0 Å². The number of nitrogens with zero attached hydrogens (tertiary/aromatic N) is 2. The molecule has 0 unspecified atom stereocenters. The molecule has 0 fully saturated rings. The molecule has 1 aromatic heterocycles. The van der Waals surface area contributed by atoms with Crippen molar-refractivity contribution >= 4 is 22.9 Å². The summed E-state index contributed by atoms with van der Waals surface area (Å²) in [4.78, 5) is 11.3. The van der Waals surface area contributed by atoms with E-state index in [1.807, 2.05) is 59.2 Å². The number of fused-ring (bicyclic) bond motifs is 1. The highest BCUT2D eigenvalue weighted by Crippen LogP contribution is 2.16. The fourth-order valence-electron chi connectivity index (χ4n) is 2.64. The number of ether oxygens (including phenoxy) is 1. The predicted octanol–water partition coefficient (Wildman–Crippen LogP) is -1.92. The van der Waals surface area contributed by atoms with Crippen LogP contribution in [0.4, 0.5) is 5.95 Å². The monoisotopic (exact) mass is 346 g/mol. The number of aromatic nitrogens is 2. The van der Waals surface area contributed by atoms with E-state index in [-0.39, 0.29) is 19.0 Å². The molecule has 0 saturated carbocycles. The number of para-hydroxylation sites is 3. The zero-order chi connectivity index (χ0) is 16.2. The maximum absolute atomic E-state index is 11.3. The van der Waals surface area contributed by atoms with Crippen LogP contribution in [0.15, 0.2) is 54.6 Å². The summed E-state index contributed by atoms with van der Waals surface area (Å²) in [6, 6.07) is 17.3. The van der Waals surface area contributed by atoms with E-state index in [9.17, 15) is 4.79 Å². The van der Waals surface area contributed by atoms with Crippen LogP contribution in [0.1, 0.15) is 0 Å². The first-order chi connectivity index (χ1) is 11.2. The SMILES string of the molecule is NC(=O)C[n+]1c(N)n(CCOc2ccccc2)c2ccccc21.[Cl-]. The Balaban J connectivity index is 0.00000208. The van der Waals surface area contributed by atoms with Crippen molar-refractivity contribution in [3.63, 3.8) is 0 Å². The standard InChI is InChI=1S/C17H18N4O2.ClH/c18-16(22)12-21-15-9-5-4-8-14(15)20(17(21)19)10-11-23-13-6-2-1-3-7-13;/h1-9,19H,10-12H2,(H2,18,22);1H. The summed E-state index contributed by atoms with van der Waals surface area (Å²) < 4.78 is 9.38. The van der Waals surface area contributed by atoms with Gasteiger partial charge in [-0.1, -0.05) is 30.3 Å². The van der Waals surface area contributed by atoms with Crippen LogP contribution in [0.25, 0.3) is 11.0 Å². The minimum Gasteiger partial charge on any atom is -1.00 e. The van der Waals surface area contributed by atoms with Crippen LogP contribution >= 0.6 is 0 Å². The normalized spacial score (nSPS) is 10.3. The van der Waals surface area contributed by atoms with Crippen molar-refractivity contribution < 1.29 is 26.5 Å². The number of nitrogens with two attached hydrogens (primary N) is 2. The van der Waals surface area contributed by atoms with Crippen molar-refractivity contribution in [1.82, 2.24) is 4.57 Å². The van der Waals surface area contributed by atoms with E-state index in [4.69, 9.17) is 16.2 Å². The molecule has 1 heterocycles. The number of benzene rings is 2. The Morgan fingerprint density at radius 2 is 1.75 bits per heavy atom. The summed E-state index contributed by atoms with van der Waals surface area (Å²) in [6.45, 7) is 1.11. The first-order valence-electron chi connectivity index (χ1n) is 7.39. The number of anilines is 1. The Hall–Kier alpha value is -2.73. The fourth-order valence-corrected chi connectivity index (χ4v) is 2.64. The smallest absolute Gasteiger partial charge is 0.356 e. The number of primary amides is 1. The fraction of sp³-hybridized carbons (Fsp3) is 0.176. The minimum absolute atomic E-state index is 0. The van der Waals surface area contributed by atoms with Crippen LogP contribution in [0, 0.1) is 0 Å². The molecule has 4 N–H and O–H groups in total. The molecule has 7 heteroatoms. The van der Waals surface area contributed by atoms with Gasteiger partial charge in [-0.2, -0.15) is 0 Å². The second-order valence-electron chi connectivity index (χ2n) is 5.21. The van der Waals surface area contributed by atoms with Gasteiger partial charge in [-0.3, -0.25) is 10.5 Å². The number of imidazole rings is 1. The summed E-state index contributed by atoms with van der Waals surface area (Å²) in [5, 5.41) is 0. The minimum atomic E-state index is -0.426. The molecular formula is C17H19ClN4O2. The second-order valence-corrected chi connectivity index (χ2v) is 5.21. The third kappa shape index (κ3) is 3.60. The number of rotatable bonds is 6. The number of halogens is 1. The molecule has 3 rings (SSSR count). The van der Waals surface area contributed by atoms with Crippen molar-refractivity contribution in [1.29, 1.82) is 0 Å². The molecular weight excluding hydrogens is 328 g/mol. The highest BCUT2D eigenvalue weighted by molar-refractivity contribution is 5.76. The van der Waals surface area contributed by atoms with Crippen molar-refractivity contribution in [2.45, 2.75) is 13.1 Å². The second kappa shape index (κ2) is 7.70. The van der Waals surface area contributed by atoms with Crippen molar-refractivity contribution in [2.24, 2.45) is 5.73 Å². The Morgan fingerprint density at radius 3 is 2.46 bits per heavy atom. The van der Waals surface area contributed by atoms with Crippen molar-refractivity contribution in [3.05, 3.63) is 54.6 Å². The highest BCUT2D eigenvalue weighted by atomic mass is 35.5. The third-order valence-electron chi connectivity index (χ3n) is 3.66. The van der Waals surface area contributed by atoms with E-state index < -0.39 is 5.91 Å². The average molecular weight is 347 g/mol. The number of hydrogen-bond donors (Lipinski definition) is 2. The van der Waals surface area contributed by atoms with Gasteiger partial charge in [0.05, 0.1) is 0 Å². The van der Waals surface area contributed by atoms with Gasteiger partial charge in [-0.05, 0) is 24.3 Å². The first-order valence-corrected chi connectivity index (χ1v) is 7.39. The van der Waals surface area contributed by atoms with Gasteiger partial charge in [0.15, 0.2) is 6.54 Å². The number of carbonyl (C=O) groups excluding carboxylic acids is 1. The van der Waals surface area contributed by atoms with Gasteiger partial charge in [-0.25, -0.2) is 9.13 Å². The topological polar surface area (TPSA) is 87.2 Å². The van der Waals surface area contributed by atoms with E-state index in [1.54, 1.807) is 4.57 Å². The van der Waals surface area contributed by atoms with Gasteiger partial charge in [0, 0.05) is 0 Å². The number of nitrogen functional groups attached to an aromatic ring is 1. The van der Waals surface area contributed by atoms with Gasteiger partial charge in [0.1, 0.15) is 29.9 Å². The Bertz CT molecular complexity index is 833. The molecule has 0 bridgehead atoms. The molecule has 1 amide bonds. The van der Waals surface area contributed by atoms with E-state index in [0.717, 1.165) is 16.8 Å². The van der Waals surface area contributed by atoms with Gasteiger partial charge >= 0.3 is 5.95 Å². The number of amides is 1. The molecule has 0 radical (unpaired) electrons. The molecule has 0 aliphatic heterocycles. The summed E-state index contributed by atoms with van der Waals surface area (Å²) in [5.41, 5.74) is 13.4. The lowest BCUT2D eigenvalue weighted by Crippen LogP contribution is -3.00. The lowest BCUT2D eigenvalue weighted by Gasteiger charge is -2.05. The maximum Gasteiger partial charge on any atom is 0.356 e. The van der Waals surface area contributed by atoms with Crippen LogP contribution < -0.4 is 33.2 Å². The van der Waals surface area contributed by atoms with Gasteiger partial charge < -0.3 is 22.9 Å². The largest absolute Gasteiger partial charge is 1.00 e. The lowest BCUT2D eigenvalue weighted by atomic mass is 10.3. The Kier molecular flexibility index (Phi) is 5.65. The lowest BCUT2D eigenvalue weighted by molar-refractivity contribution is -0.644. The van der Waals surface area contributed by atoms with Crippen LogP contribution in [-0.4, -0.2) is 17.1 Å². The molecule has 0 atom stereocenters. The maximum atomic E-state index is 11.3. The number of carbonyl (C=O) groups is 1. The summed E-state index contributed by atoms with van der Waals surface area (Å²) in [5.74, 6) is 0.874. The molecule has 24 heavy (non-hydrogen) atoms. The molecule has 0 aliphatic rings. The molecule has 6 nitrogen and oxygen atoms in total. The molecule has 0 aliphatic carbocycles. The van der Waals surface area contributed by atoms with E-state index in [1.165, 1.54) is 0 Å². The van der Waals surface area contributed by atoms with E-state index >= 15 is 0 Å². The average Bonchev–Trinajstić information content (AvgIpc) is 2.81. The van der Waals surface area contributed by atoms with E-state index in [2.05, 4.69) is 0 Å². The zero-order valence-electron chi connectivity index (χ0n) is 13.1. The predicted molar refractivity (Wildman–Crippen MR) is 87.7 cm³/mol. The van der Waals surface area contributed by atoms with Crippen molar-refractivity contribution in [3.8, 4) is 5.75 Å². The molecule has 0 spiro atoms. The molecule has 0 saturated heterocycles. The highest BCUT2D eigenvalue weighted by Gasteiger charge is 2.21. The van der Waals surface area contributed by atoms with E-state index in [0.29, 0.717) is 19.1 Å². The third-order valence-corrected chi connectivity index (χ3v) is 3.66. The van der Waals surface area contributed by atoms with Crippen LogP contribution in [0.3, 0.4) is 0 Å². The zero-order valence-corrected chi connectivity index (χ0v) is 13.8. The Labute approximate surface area is 146 Å². The van der Waals surface area contributed by atoms with Crippen LogP contribution in [-0.2, 0) is 17.9 Å². The summed E-state index contributed by atoms with van der Waals surface area (Å²) in [6.07, 6.45) is 0. The Morgan fingerprint density at radius 1 is 1.08 bits per heavy atom. The van der Waals surface area contributed by atoms with Crippen LogP contribution in [0.2, 0.25) is 0 Å². The van der Waals surface area contributed by atoms with Crippen molar-refractivity contribution in [2.75, 3.05) is 12.3 Å². The summed E-state index contributed by atoms with van der Waals surface area (Å²) in [7, 11) is 0. The molecule has 3 aromatic rings. The molecule has 126 valence electrons. The first kappa shape index (κ1) is 17.6. The summed E-state index contributed by atoms with van der Waals surface area (Å²) >= 11 is 0. The van der Waals surface area contributed by atoms with Gasteiger partial charge in [0.2, 0.25) is 0 Å². The number of hydrogen-bond acceptors (Lipinski definition) is 3. The quantitative estimate of drug-likeness (QED) is 0.510. The van der Waals surface area contributed by atoms with Crippen LogP contribution in [0.5, 0.6) is 5.75 Å².